The summed E-state index contributed by atoms with van der Waals surface area (Å²) < 4.78 is 0. The molecular formula is C17H32N4OS. The van der Waals surface area contributed by atoms with Crippen molar-refractivity contribution in [3.8, 4) is 0 Å². The molecule has 23 heavy (non-hydrogen) atoms. The van der Waals surface area contributed by atoms with E-state index in [4.69, 9.17) is 0 Å². The van der Waals surface area contributed by atoms with Gasteiger partial charge in [0.25, 0.3) is 0 Å². The molecular weight excluding hydrogens is 308 g/mol. The molecule has 132 valence electrons. The maximum atomic E-state index is 11.8. The number of guanidine groups is 1. The molecule has 1 aliphatic carbocycles. The second-order valence-electron chi connectivity index (χ2n) is 6.85. The lowest BCUT2D eigenvalue weighted by atomic mass is 9.89. The minimum absolute atomic E-state index is 0.0407. The summed E-state index contributed by atoms with van der Waals surface area (Å²) in [4.78, 5) is 17.8. The quantitative estimate of drug-likeness (QED) is 0.574. The number of rotatable bonds is 6. The molecule has 2 fully saturated rings. The van der Waals surface area contributed by atoms with E-state index in [9.17, 15) is 4.79 Å². The Labute approximate surface area is 145 Å². The summed E-state index contributed by atoms with van der Waals surface area (Å²) in [6.45, 7) is 2.13. The van der Waals surface area contributed by atoms with Crippen LogP contribution in [0, 0.1) is 5.92 Å². The maximum absolute atomic E-state index is 11.8. The lowest BCUT2D eigenvalue weighted by Crippen LogP contribution is -2.43. The van der Waals surface area contributed by atoms with E-state index < -0.39 is 0 Å². The van der Waals surface area contributed by atoms with Crippen LogP contribution in [0.3, 0.4) is 0 Å². The van der Waals surface area contributed by atoms with Crippen LogP contribution in [-0.2, 0) is 4.79 Å². The highest BCUT2D eigenvalue weighted by Crippen LogP contribution is 2.25. The van der Waals surface area contributed by atoms with Crippen LogP contribution in [0.5, 0.6) is 0 Å². The number of nitrogens with zero attached hydrogens (tertiary/aromatic N) is 2. The SMILES string of the molecule is CN(C)C(=O)CN=C(NCC1CCCCC1)NCC1CCCS1. The van der Waals surface area contributed by atoms with Gasteiger partial charge in [0, 0.05) is 32.4 Å². The molecule has 1 unspecified atom stereocenters. The molecule has 0 aromatic heterocycles. The van der Waals surface area contributed by atoms with Crippen LogP contribution in [0.15, 0.2) is 4.99 Å². The van der Waals surface area contributed by atoms with E-state index in [2.05, 4.69) is 15.6 Å². The highest BCUT2D eigenvalue weighted by atomic mass is 32.2. The molecule has 2 aliphatic rings. The zero-order chi connectivity index (χ0) is 16.5. The van der Waals surface area contributed by atoms with Gasteiger partial charge in [0.15, 0.2) is 5.96 Å². The molecule has 1 aliphatic heterocycles. The Bertz CT molecular complexity index is 388. The molecule has 1 amide bonds. The van der Waals surface area contributed by atoms with Crippen LogP contribution in [-0.4, -0.2) is 61.5 Å². The Morgan fingerprint density at radius 2 is 1.83 bits per heavy atom. The molecule has 2 rings (SSSR count). The Hall–Kier alpha value is -0.910. The fraction of sp³-hybridized carbons (Fsp3) is 0.882. The van der Waals surface area contributed by atoms with E-state index in [0.29, 0.717) is 5.25 Å². The van der Waals surface area contributed by atoms with Gasteiger partial charge in [-0.2, -0.15) is 11.8 Å². The van der Waals surface area contributed by atoms with Gasteiger partial charge in [0.1, 0.15) is 6.54 Å². The lowest BCUT2D eigenvalue weighted by molar-refractivity contribution is -0.127. The molecule has 0 spiro atoms. The number of likely N-dealkylation sites (N-methyl/N-ethyl adjacent to an activating group) is 1. The summed E-state index contributed by atoms with van der Waals surface area (Å²) in [5.74, 6) is 2.87. The van der Waals surface area contributed by atoms with Crippen LogP contribution < -0.4 is 10.6 Å². The lowest BCUT2D eigenvalue weighted by Gasteiger charge is -2.23. The standard InChI is InChI=1S/C17H32N4OS/c1-21(2)16(22)13-20-17(19-12-15-9-6-10-23-15)18-11-14-7-4-3-5-8-14/h14-15H,3-13H2,1-2H3,(H2,18,19,20). The first-order valence-corrected chi connectivity index (χ1v) is 10.0. The third-order valence-corrected chi connectivity index (χ3v) is 6.07. The van der Waals surface area contributed by atoms with E-state index >= 15 is 0 Å². The molecule has 1 saturated carbocycles. The molecule has 1 heterocycles. The highest BCUT2D eigenvalue weighted by Gasteiger charge is 2.17. The van der Waals surface area contributed by atoms with Gasteiger partial charge >= 0.3 is 0 Å². The third kappa shape index (κ3) is 7.02. The predicted octanol–water partition coefficient (Wildman–Crippen LogP) is 2.09. The van der Waals surface area contributed by atoms with Crippen molar-refractivity contribution < 1.29 is 4.79 Å². The van der Waals surface area contributed by atoms with Crippen molar-refractivity contribution >= 4 is 23.6 Å². The van der Waals surface area contributed by atoms with Crippen LogP contribution in [0.4, 0.5) is 0 Å². The van der Waals surface area contributed by atoms with Crippen molar-refractivity contribution in [1.82, 2.24) is 15.5 Å². The zero-order valence-electron chi connectivity index (χ0n) is 14.6. The van der Waals surface area contributed by atoms with Gasteiger partial charge in [0.05, 0.1) is 0 Å². The Kier molecular flexibility index (Phi) is 8.06. The van der Waals surface area contributed by atoms with Crippen LogP contribution in [0.1, 0.15) is 44.9 Å². The zero-order valence-corrected chi connectivity index (χ0v) is 15.5. The van der Waals surface area contributed by atoms with Crippen LogP contribution in [0.2, 0.25) is 0 Å². The predicted molar refractivity (Wildman–Crippen MR) is 99.1 cm³/mol. The topological polar surface area (TPSA) is 56.7 Å². The summed E-state index contributed by atoms with van der Waals surface area (Å²) >= 11 is 2.04. The fourth-order valence-corrected chi connectivity index (χ4v) is 4.31. The summed E-state index contributed by atoms with van der Waals surface area (Å²) in [7, 11) is 3.55. The average molecular weight is 341 g/mol. The maximum Gasteiger partial charge on any atom is 0.243 e. The molecule has 1 atom stereocenters. The number of thioether (sulfide) groups is 1. The number of aliphatic imine (C=N–C) groups is 1. The van der Waals surface area contributed by atoms with Gasteiger partial charge in [-0.25, -0.2) is 4.99 Å². The Morgan fingerprint density at radius 1 is 1.09 bits per heavy atom. The van der Waals surface area contributed by atoms with Gasteiger partial charge in [-0.3, -0.25) is 4.79 Å². The van der Waals surface area contributed by atoms with Crippen molar-refractivity contribution in [2.75, 3.05) is 39.5 Å². The second kappa shape index (κ2) is 10.1. The summed E-state index contributed by atoms with van der Waals surface area (Å²) in [5.41, 5.74) is 0. The minimum atomic E-state index is 0.0407. The van der Waals surface area contributed by atoms with Gasteiger partial charge in [-0.1, -0.05) is 19.3 Å². The van der Waals surface area contributed by atoms with E-state index in [1.54, 1.807) is 19.0 Å². The smallest absolute Gasteiger partial charge is 0.243 e. The molecule has 0 aromatic carbocycles. The number of hydrogen-bond acceptors (Lipinski definition) is 3. The average Bonchev–Trinajstić information content (AvgIpc) is 3.08. The fourth-order valence-electron chi connectivity index (χ4n) is 3.11. The summed E-state index contributed by atoms with van der Waals surface area (Å²) in [5, 5.41) is 7.59. The minimum Gasteiger partial charge on any atom is -0.356 e. The molecule has 0 bridgehead atoms. The Morgan fingerprint density at radius 3 is 2.48 bits per heavy atom. The van der Waals surface area contributed by atoms with Gasteiger partial charge < -0.3 is 15.5 Å². The van der Waals surface area contributed by atoms with Crippen molar-refractivity contribution in [3.05, 3.63) is 0 Å². The Balaban J connectivity index is 1.81. The molecule has 6 heteroatoms. The first kappa shape index (κ1) is 18.4. The van der Waals surface area contributed by atoms with E-state index in [1.165, 1.54) is 50.7 Å². The third-order valence-electron chi connectivity index (χ3n) is 4.68. The first-order valence-electron chi connectivity index (χ1n) is 8.99. The molecule has 0 aromatic rings. The summed E-state index contributed by atoms with van der Waals surface area (Å²) in [6, 6.07) is 0. The van der Waals surface area contributed by atoms with E-state index in [-0.39, 0.29) is 12.5 Å². The normalized spacial score (nSPS) is 22.9. The number of carbonyl (C=O) groups is 1. The second-order valence-corrected chi connectivity index (χ2v) is 8.26. The van der Waals surface area contributed by atoms with Crippen molar-refractivity contribution in [1.29, 1.82) is 0 Å². The first-order chi connectivity index (χ1) is 11.1. The highest BCUT2D eigenvalue weighted by molar-refractivity contribution is 8.00. The van der Waals surface area contributed by atoms with Crippen molar-refractivity contribution in [2.45, 2.75) is 50.2 Å². The number of carbonyl (C=O) groups excluding carboxylic acids is 1. The monoisotopic (exact) mass is 340 g/mol. The number of hydrogen-bond donors (Lipinski definition) is 2. The molecule has 5 nitrogen and oxygen atoms in total. The van der Waals surface area contributed by atoms with Gasteiger partial charge in [0.2, 0.25) is 5.91 Å². The largest absolute Gasteiger partial charge is 0.356 e. The number of nitrogens with one attached hydrogen (secondary N) is 2. The molecule has 1 saturated heterocycles. The van der Waals surface area contributed by atoms with Crippen molar-refractivity contribution in [2.24, 2.45) is 10.9 Å². The van der Waals surface area contributed by atoms with E-state index in [1.807, 2.05) is 11.8 Å². The van der Waals surface area contributed by atoms with E-state index in [0.717, 1.165) is 25.0 Å². The van der Waals surface area contributed by atoms with Gasteiger partial charge in [-0.05, 0) is 37.4 Å². The summed E-state index contributed by atoms with van der Waals surface area (Å²) in [6.07, 6.45) is 9.31. The van der Waals surface area contributed by atoms with Gasteiger partial charge in [-0.15, -0.1) is 0 Å². The molecule has 0 radical (unpaired) electrons. The van der Waals surface area contributed by atoms with Crippen molar-refractivity contribution in [3.63, 3.8) is 0 Å². The van der Waals surface area contributed by atoms with Crippen LogP contribution >= 0.6 is 11.8 Å². The molecule has 2 N–H and O–H groups in total. The van der Waals surface area contributed by atoms with Crippen LogP contribution in [0.25, 0.3) is 0 Å². The number of amides is 1.